The van der Waals surface area contributed by atoms with Crippen molar-refractivity contribution in [1.29, 1.82) is 0 Å². The third kappa shape index (κ3) is 1.86. The summed E-state index contributed by atoms with van der Waals surface area (Å²) in [7, 11) is 0. The second-order valence-electron chi connectivity index (χ2n) is 4.60. The Kier molecular flexibility index (Phi) is 2.50. The molecule has 0 spiro atoms. The Morgan fingerprint density at radius 2 is 2.24 bits per heavy atom. The molecule has 3 N–H and O–H groups in total. The lowest BCUT2D eigenvalue weighted by Gasteiger charge is -2.16. The molecule has 7 heteroatoms. The first-order chi connectivity index (χ1) is 10.3. The maximum absolute atomic E-state index is 12.3. The third-order valence-electron chi connectivity index (χ3n) is 3.34. The number of para-hydroxylation sites is 1. The van der Waals surface area contributed by atoms with Crippen molar-refractivity contribution >= 4 is 11.9 Å². The van der Waals surface area contributed by atoms with Gasteiger partial charge in [0.05, 0.1) is 0 Å². The van der Waals surface area contributed by atoms with Gasteiger partial charge in [0.1, 0.15) is 23.7 Å². The molecule has 21 heavy (non-hydrogen) atoms. The molecule has 1 aliphatic heterocycles. The van der Waals surface area contributed by atoms with Gasteiger partial charge in [-0.2, -0.15) is 5.10 Å². The van der Waals surface area contributed by atoms with E-state index in [2.05, 4.69) is 25.5 Å². The van der Waals surface area contributed by atoms with Crippen LogP contribution in [0.4, 0.5) is 5.95 Å². The summed E-state index contributed by atoms with van der Waals surface area (Å²) in [6, 6.07) is 7.62. The predicted molar refractivity (Wildman–Crippen MR) is 74.9 cm³/mol. The number of H-pyrrole nitrogens is 2. The second-order valence-corrected chi connectivity index (χ2v) is 4.60. The lowest BCUT2D eigenvalue weighted by molar-refractivity contribution is 0.101. The molecule has 1 amide bonds. The van der Waals surface area contributed by atoms with E-state index in [-0.39, 0.29) is 5.91 Å². The number of aromatic nitrogens is 4. The number of benzene rings is 1. The molecule has 4 rings (SSSR count). The average Bonchev–Trinajstić information content (AvgIpc) is 3.15. The van der Waals surface area contributed by atoms with Gasteiger partial charge in [0.2, 0.25) is 5.95 Å². The molecule has 104 valence electrons. The highest BCUT2D eigenvalue weighted by atomic mass is 16.5. The fraction of sp³-hybridized carbons (Fsp3) is 0.0714. The van der Waals surface area contributed by atoms with Crippen molar-refractivity contribution in [2.45, 2.75) is 6.61 Å². The van der Waals surface area contributed by atoms with E-state index in [1.54, 1.807) is 12.4 Å². The topological polar surface area (TPSA) is 95.7 Å². The Hall–Kier alpha value is -3.09. The maximum Gasteiger partial charge on any atom is 0.276 e. The van der Waals surface area contributed by atoms with Gasteiger partial charge in [-0.1, -0.05) is 12.1 Å². The number of amides is 1. The van der Waals surface area contributed by atoms with E-state index < -0.39 is 0 Å². The van der Waals surface area contributed by atoms with E-state index >= 15 is 0 Å². The van der Waals surface area contributed by atoms with Crippen molar-refractivity contribution in [3.8, 4) is 17.0 Å². The monoisotopic (exact) mass is 281 g/mol. The summed E-state index contributed by atoms with van der Waals surface area (Å²) in [4.78, 5) is 19.0. The van der Waals surface area contributed by atoms with Crippen molar-refractivity contribution < 1.29 is 9.53 Å². The third-order valence-corrected chi connectivity index (χ3v) is 3.34. The van der Waals surface area contributed by atoms with Gasteiger partial charge in [-0.15, -0.1) is 0 Å². The number of nitrogens with one attached hydrogen (secondary N) is 3. The average molecular weight is 281 g/mol. The summed E-state index contributed by atoms with van der Waals surface area (Å²) in [6.07, 6.45) is 3.20. The maximum atomic E-state index is 12.3. The van der Waals surface area contributed by atoms with Gasteiger partial charge in [0.15, 0.2) is 0 Å². The molecule has 3 heterocycles. The normalized spacial score (nSPS) is 12.2. The van der Waals surface area contributed by atoms with E-state index in [0.717, 1.165) is 22.6 Å². The number of fused-ring (bicyclic) bond motifs is 3. The van der Waals surface area contributed by atoms with Crippen LogP contribution in [-0.2, 0) is 6.61 Å². The first-order valence-electron chi connectivity index (χ1n) is 6.43. The Balaban J connectivity index is 1.71. The summed E-state index contributed by atoms with van der Waals surface area (Å²) in [5, 5.41) is 9.70. The molecular weight excluding hydrogens is 270 g/mol. The van der Waals surface area contributed by atoms with Crippen LogP contribution in [0.1, 0.15) is 16.1 Å². The molecule has 1 aromatic carbocycles. The molecule has 0 unspecified atom stereocenters. The molecular formula is C14H11N5O2. The van der Waals surface area contributed by atoms with Crippen LogP contribution in [0.3, 0.4) is 0 Å². The quantitative estimate of drug-likeness (QED) is 0.669. The minimum atomic E-state index is -0.304. The minimum absolute atomic E-state index is 0.304. The van der Waals surface area contributed by atoms with Gasteiger partial charge >= 0.3 is 0 Å². The number of hydrogen-bond donors (Lipinski definition) is 3. The molecule has 7 nitrogen and oxygen atoms in total. The number of carbonyl (C=O) groups is 1. The summed E-state index contributed by atoms with van der Waals surface area (Å²) in [5.41, 5.74) is 2.77. The van der Waals surface area contributed by atoms with Crippen molar-refractivity contribution in [3.63, 3.8) is 0 Å². The molecule has 1 aliphatic rings. The van der Waals surface area contributed by atoms with Crippen LogP contribution in [0, 0.1) is 0 Å². The Morgan fingerprint density at radius 1 is 1.33 bits per heavy atom. The molecule has 0 aliphatic carbocycles. The summed E-state index contributed by atoms with van der Waals surface area (Å²) < 4.78 is 5.67. The second kappa shape index (κ2) is 4.48. The van der Waals surface area contributed by atoms with Gasteiger partial charge in [0, 0.05) is 23.5 Å². The van der Waals surface area contributed by atoms with Crippen LogP contribution >= 0.6 is 0 Å². The van der Waals surface area contributed by atoms with E-state index in [0.29, 0.717) is 18.2 Å². The summed E-state index contributed by atoms with van der Waals surface area (Å²) in [5.74, 6) is 0.858. The number of nitrogens with zero attached hydrogens (tertiary/aromatic N) is 2. The number of ether oxygens (including phenoxy) is 1. The standard InChI is InChI=1S/C14H11N5O2/c20-13(17-14-15-5-6-16-14)12-9-7-21-10-4-2-1-3-8(10)11(9)18-19-12/h1-6H,7H2,(H,18,19)(H2,15,16,17,20). The highest BCUT2D eigenvalue weighted by Crippen LogP contribution is 2.36. The Morgan fingerprint density at radius 3 is 3.10 bits per heavy atom. The fourth-order valence-corrected chi connectivity index (χ4v) is 2.36. The van der Waals surface area contributed by atoms with Gasteiger partial charge in [0.25, 0.3) is 5.91 Å². The van der Waals surface area contributed by atoms with Crippen LogP contribution in [0.5, 0.6) is 5.75 Å². The molecule has 0 saturated carbocycles. The van der Waals surface area contributed by atoms with E-state index in [1.807, 2.05) is 24.3 Å². The van der Waals surface area contributed by atoms with Gasteiger partial charge in [-0.25, -0.2) is 4.98 Å². The first kappa shape index (κ1) is 11.7. The lowest BCUT2D eigenvalue weighted by Crippen LogP contribution is -2.17. The van der Waals surface area contributed by atoms with E-state index in [4.69, 9.17) is 4.74 Å². The smallest absolute Gasteiger partial charge is 0.276 e. The molecule has 0 radical (unpaired) electrons. The van der Waals surface area contributed by atoms with Crippen LogP contribution in [-0.4, -0.2) is 26.1 Å². The predicted octanol–water partition coefficient (Wildman–Crippen LogP) is 1.94. The zero-order valence-corrected chi connectivity index (χ0v) is 10.9. The van der Waals surface area contributed by atoms with Crippen LogP contribution in [0.2, 0.25) is 0 Å². The number of rotatable bonds is 2. The Bertz CT molecular complexity index is 807. The van der Waals surface area contributed by atoms with Gasteiger partial charge in [-0.3, -0.25) is 15.2 Å². The van der Waals surface area contributed by atoms with Crippen molar-refractivity contribution in [2.75, 3.05) is 5.32 Å². The molecule has 3 aromatic rings. The number of aromatic amines is 2. The Labute approximate surface area is 119 Å². The van der Waals surface area contributed by atoms with Crippen LogP contribution in [0.25, 0.3) is 11.3 Å². The number of anilines is 1. The number of hydrogen-bond acceptors (Lipinski definition) is 4. The minimum Gasteiger partial charge on any atom is -0.488 e. The molecule has 0 fully saturated rings. The van der Waals surface area contributed by atoms with Crippen LogP contribution < -0.4 is 10.1 Å². The van der Waals surface area contributed by atoms with Crippen molar-refractivity contribution in [3.05, 3.63) is 47.9 Å². The largest absolute Gasteiger partial charge is 0.488 e. The zero-order chi connectivity index (χ0) is 14.2. The van der Waals surface area contributed by atoms with Crippen LogP contribution in [0.15, 0.2) is 36.7 Å². The first-order valence-corrected chi connectivity index (χ1v) is 6.43. The number of carbonyl (C=O) groups excluding carboxylic acids is 1. The van der Waals surface area contributed by atoms with Crippen molar-refractivity contribution in [2.24, 2.45) is 0 Å². The summed E-state index contributed by atoms with van der Waals surface area (Å²) >= 11 is 0. The molecule has 0 saturated heterocycles. The summed E-state index contributed by atoms with van der Waals surface area (Å²) in [6.45, 7) is 0.309. The molecule has 2 aromatic heterocycles. The van der Waals surface area contributed by atoms with E-state index in [9.17, 15) is 4.79 Å². The zero-order valence-electron chi connectivity index (χ0n) is 10.9. The van der Waals surface area contributed by atoms with Crippen molar-refractivity contribution in [1.82, 2.24) is 20.2 Å². The SMILES string of the molecule is O=C(Nc1ncc[nH]1)c1[nH]nc2c1COc1ccccc1-2. The van der Waals surface area contributed by atoms with Gasteiger partial charge in [-0.05, 0) is 12.1 Å². The highest BCUT2D eigenvalue weighted by Gasteiger charge is 2.26. The molecule has 0 atom stereocenters. The number of imidazole rings is 1. The highest BCUT2D eigenvalue weighted by molar-refractivity contribution is 6.04. The van der Waals surface area contributed by atoms with E-state index in [1.165, 1.54) is 0 Å². The molecule has 0 bridgehead atoms. The fourth-order valence-electron chi connectivity index (χ4n) is 2.36. The van der Waals surface area contributed by atoms with Gasteiger partial charge < -0.3 is 9.72 Å². The lowest BCUT2D eigenvalue weighted by atomic mass is 10.0.